The molecule has 0 aromatic heterocycles. The molecule has 0 aliphatic rings. The van der Waals surface area contributed by atoms with Gasteiger partial charge in [0.1, 0.15) is 12.4 Å². The lowest BCUT2D eigenvalue weighted by atomic mass is 10.1. The van der Waals surface area contributed by atoms with Crippen molar-refractivity contribution in [3.8, 4) is 11.8 Å². The van der Waals surface area contributed by atoms with Gasteiger partial charge in [0.2, 0.25) is 0 Å². The molecule has 0 atom stereocenters. The molecular formula is C19H19NO4. The maximum absolute atomic E-state index is 12.3. The predicted octanol–water partition coefficient (Wildman–Crippen LogP) is 3.46. The quantitative estimate of drug-likeness (QED) is 0.729. The van der Waals surface area contributed by atoms with E-state index in [1.807, 2.05) is 6.92 Å². The Labute approximate surface area is 141 Å². The van der Waals surface area contributed by atoms with Crippen molar-refractivity contribution in [3.63, 3.8) is 0 Å². The molecule has 5 heteroatoms. The van der Waals surface area contributed by atoms with Gasteiger partial charge in [0.05, 0.1) is 30.9 Å². The normalized spacial score (nSPS) is 10.0. The summed E-state index contributed by atoms with van der Waals surface area (Å²) in [7, 11) is 1.57. The van der Waals surface area contributed by atoms with Crippen LogP contribution in [0.4, 0.5) is 0 Å². The molecule has 0 heterocycles. The van der Waals surface area contributed by atoms with Crippen molar-refractivity contribution in [2.24, 2.45) is 0 Å². The molecule has 0 amide bonds. The fourth-order valence-corrected chi connectivity index (χ4v) is 2.21. The zero-order valence-electron chi connectivity index (χ0n) is 13.7. The van der Waals surface area contributed by atoms with Crippen molar-refractivity contribution in [1.82, 2.24) is 0 Å². The van der Waals surface area contributed by atoms with Gasteiger partial charge in [0.15, 0.2) is 0 Å². The first-order valence-corrected chi connectivity index (χ1v) is 7.59. The molecule has 0 saturated carbocycles. The standard InChI is InChI=1S/C19H19NO4/c1-3-23-12-17-10-14(8-9-18(17)22-2)19(21)24-13-16-7-5-4-6-15(16)11-20/h4-10H,3,12-13H2,1-2H3. The number of hydrogen-bond acceptors (Lipinski definition) is 5. The minimum Gasteiger partial charge on any atom is -0.496 e. The second-order valence-electron chi connectivity index (χ2n) is 5.01. The molecule has 0 saturated heterocycles. The highest BCUT2D eigenvalue weighted by Gasteiger charge is 2.12. The van der Waals surface area contributed by atoms with Crippen LogP contribution in [-0.4, -0.2) is 19.7 Å². The average molecular weight is 325 g/mol. The minimum absolute atomic E-state index is 0.0510. The molecule has 24 heavy (non-hydrogen) atoms. The Kier molecular flexibility index (Phi) is 6.35. The summed E-state index contributed by atoms with van der Waals surface area (Å²) in [6.07, 6.45) is 0. The van der Waals surface area contributed by atoms with Gasteiger partial charge in [-0.3, -0.25) is 0 Å². The fraction of sp³-hybridized carbons (Fsp3) is 0.263. The molecule has 0 bridgehead atoms. The molecule has 124 valence electrons. The van der Waals surface area contributed by atoms with Gasteiger partial charge < -0.3 is 14.2 Å². The number of hydrogen-bond donors (Lipinski definition) is 0. The van der Waals surface area contributed by atoms with Crippen molar-refractivity contribution < 1.29 is 19.0 Å². The second kappa shape index (κ2) is 8.70. The van der Waals surface area contributed by atoms with Gasteiger partial charge in [-0.2, -0.15) is 5.26 Å². The summed E-state index contributed by atoms with van der Waals surface area (Å²) in [6, 6.07) is 14.2. The van der Waals surface area contributed by atoms with Gasteiger partial charge >= 0.3 is 5.97 Å². The maximum Gasteiger partial charge on any atom is 0.338 e. The number of nitriles is 1. The van der Waals surface area contributed by atoms with Crippen molar-refractivity contribution in [1.29, 1.82) is 5.26 Å². The molecule has 0 fully saturated rings. The molecule has 0 radical (unpaired) electrons. The first-order chi connectivity index (χ1) is 11.7. The molecule has 5 nitrogen and oxygen atoms in total. The van der Waals surface area contributed by atoms with E-state index in [9.17, 15) is 4.79 Å². The Morgan fingerprint density at radius 1 is 1.12 bits per heavy atom. The van der Waals surface area contributed by atoms with E-state index in [4.69, 9.17) is 19.5 Å². The van der Waals surface area contributed by atoms with Crippen LogP contribution in [-0.2, 0) is 22.7 Å². The summed E-state index contributed by atoms with van der Waals surface area (Å²) < 4.78 is 16.0. The van der Waals surface area contributed by atoms with E-state index in [1.165, 1.54) is 0 Å². The fourth-order valence-electron chi connectivity index (χ4n) is 2.21. The summed E-state index contributed by atoms with van der Waals surface area (Å²) in [5.74, 6) is 0.206. The molecule has 2 rings (SSSR count). The highest BCUT2D eigenvalue weighted by molar-refractivity contribution is 5.89. The number of methoxy groups -OCH3 is 1. The number of esters is 1. The van der Waals surface area contributed by atoms with Crippen molar-refractivity contribution >= 4 is 5.97 Å². The summed E-state index contributed by atoms with van der Waals surface area (Å²) >= 11 is 0. The van der Waals surface area contributed by atoms with Gasteiger partial charge in [-0.25, -0.2) is 4.79 Å². The first-order valence-electron chi connectivity index (χ1n) is 7.59. The Morgan fingerprint density at radius 2 is 1.92 bits per heavy atom. The Morgan fingerprint density at radius 3 is 2.62 bits per heavy atom. The van der Waals surface area contributed by atoms with Gasteiger partial charge in [-0.1, -0.05) is 18.2 Å². The van der Waals surface area contributed by atoms with Gasteiger partial charge in [-0.15, -0.1) is 0 Å². The van der Waals surface area contributed by atoms with E-state index < -0.39 is 5.97 Å². The van der Waals surface area contributed by atoms with E-state index in [0.29, 0.717) is 35.7 Å². The molecule has 0 unspecified atom stereocenters. The number of benzene rings is 2. The number of nitrogens with zero attached hydrogens (tertiary/aromatic N) is 1. The third-order valence-corrected chi connectivity index (χ3v) is 3.47. The number of carbonyl (C=O) groups excluding carboxylic acids is 1. The molecule has 2 aromatic carbocycles. The lowest BCUT2D eigenvalue weighted by molar-refractivity contribution is 0.0472. The SMILES string of the molecule is CCOCc1cc(C(=O)OCc2ccccc2C#N)ccc1OC. The molecule has 0 N–H and O–H groups in total. The lowest BCUT2D eigenvalue weighted by Gasteiger charge is -2.11. The second-order valence-corrected chi connectivity index (χ2v) is 5.01. The smallest absolute Gasteiger partial charge is 0.338 e. The summed E-state index contributed by atoms with van der Waals surface area (Å²) in [4.78, 5) is 12.3. The highest BCUT2D eigenvalue weighted by Crippen LogP contribution is 2.21. The van der Waals surface area contributed by atoms with Crippen LogP contribution in [0.1, 0.15) is 34.0 Å². The average Bonchev–Trinajstić information content (AvgIpc) is 2.64. The largest absolute Gasteiger partial charge is 0.496 e. The summed E-state index contributed by atoms with van der Waals surface area (Å²) in [5, 5.41) is 9.06. The summed E-state index contributed by atoms with van der Waals surface area (Å²) in [6.45, 7) is 2.88. The number of rotatable bonds is 7. The summed E-state index contributed by atoms with van der Waals surface area (Å²) in [5.41, 5.74) is 2.37. The van der Waals surface area contributed by atoms with E-state index in [1.54, 1.807) is 49.6 Å². The predicted molar refractivity (Wildman–Crippen MR) is 88.6 cm³/mol. The van der Waals surface area contributed by atoms with Gasteiger partial charge in [0, 0.05) is 17.7 Å². The molecule has 2 aromatic rings. The lowest BCUT2D eigenvalue weighted by Crippen LogP contribution is -2.07. The van der Waals surface area contributed by atoms with Crippen LogP contribution in [0.5, 0.6) is 5.75 Å². The molecular weight excluding hydrogens is 306 g/mol. The van der Waals surface area contributed by atoms with Crippen LogP contribution >= 0.6 is 0 Å². The third-order valence-electron chi connectivity index (χ3n) is 3.47. The topological polar surface area (TPSA) is 68.5 Å². The third kappa shape index (κ3) is 4.34. The zero-order chi connectivity index (χ0) is 17.4. The van der Waals surface area contributed by atoms with Crippen LogP contribution in [0.15, 0.2) is 42.5 Å². The minimum atomic E-state index is -0.455. The van der Waals surface area contributed by atoms with Crippen LogP contribution in [0.25, 0.3) is 0 Å². The highest BCUT2D eigenvalue weighted by atomic mass is 16.5. The molecule has 0 aliphatic heterocycles. The number of carbonyl (C=O) groups is 1. The van der Waals surface area contributed by atoms with Crippen molar-refractivity contribution in [2.75, 3.05) is 13.7 Å². The van der Waals surface area contributed by atoms with Crippen molar-refractivity contribution in [2.45, 2.75) is 20.1 Å². The van der Waals surface area contributed by atoms with Gasteiger partial charge in [-0.05, 0) is 31.2 Å². The van der Waals surface area contributed by atoms with E-state index in [0.717, 1.165) is 5.56 Å². The van der Waals surface area contributed by atoms with E-state index in [-0.39, 0.29) is 6.61 Å². The van der Waals surface area contributed by atoms with E-state index >= 15 is 0 Å². The molecule has 0 spiro atoms. The number of ether oxygens (including phenoxy) is 3. The first kappa shape index (κ1) is 17.5. The Balaban J connectivity index is 2.10. The van der Waals surface area contributed by atoms with Crippen LogP contribution in [0.2, 0.25) is 0 Å². The maximum atomic E-state index is 12.3. The van der Waals surface area contributed by atoms with Gasteiger partial charge in [0.25, 0.3) is 0 Å². The zero-order valence-corrected chi connectivity index (χ0v) is 13.7. The van der Waals surface area contributed by atoms with Crippen LogP contribution in [0, 0.1) is 11.3 Å². The Bertz CT molecular complexity index is 749. The monoisotopic (exact) mass is 325 g/mol. The van der Waals surface area contributed by atoms with Crippen LogP contribution in [0.3, 0.4) is 0 Å². The van der Waals surface area contributed by atoms with E-state index in [2.05, 4.69) is 6.07 Å². The molecule has 0 aliphatic carbocycles. The Hall–Kier alpha value is -2.84. The van der Waals surface area contributed by atoms with Crippen molar-refractivity contribution in [3.05, 3.63) is 64.7 Å². The van der Waals surface area contributed by atoms with Crippen LogP contribution < -0.4 is 4.74 Å².